The van der Waals surface area contributed by atoms with Gasteiger partial charge in [0.1, 0.15) is 5.75 Å². The molecule has 0 saturated carbocycles. The number of benzene rings is 2. The Morgan fingerprint density at radius 3 is 2.50 bits per heavy atom. The van der Waals surface area contributed by atoms with E-state index in [0.717, 1.165) is 63.1 Å². The quantitative estimate of drug-likeness (QED) is 0.517. The fourth-order valence-corrected chi connectivity index (χ4v) is 3.49. The van der Waals surface area contributed by atoms with Crippen LogP contribution in [0.3, 0.4) is 0 Å². The van der Waals surface area contributed by atoms with Crippen molar-refractivity contribution in [3.8, 4) is 5.75 Å². The predicted molar refractivity (Wildman–Crippen MR) is 124 cm³/mol. The molecule has 0 atom stereocenters. The largest absolute Gasteiger partial charge is 0.496 e. The first kappa shape index (κ1) is 22.0. The summed E-state index contributed by atoms with van der Waals surface area (Å²) in [5, 5.41) is 6.76. The van der Waals surface area contributed by atoms with Gasteiger partial charge in [0.2, 0.25) is 0 Å². The maximum Gasteiger partial charge on any atom is 0.191 e. The lowest BCUT2D eigenvalue weighted by Crippen LogP contribution is -2.38. The van der Waals surface area contributed by atoms with Crippen LogP contribution in [0, 0.1) is 6.92 Å². The van der Waals surface area contributed by atoms with Gasteiger partial charge < -0.3 is 25.0 Å². The van der Waals surface area contributed by atoms with Gasteiger partial charge in [0, 0.05) is 31.9 Å². The molecule has 3 rings (SSSR count). The topological polar surface area (TPSA) is 58.1 Å². The van der Waals surface area contributed by atoms with Gasteiger partial charge in [-0.25, -0.2) is 4.99 Å². The Morgan fingerprint density at radius 1 is 1.07 bits per heavy atom. The second-order valence-electron chi connectivity index (χ2n) is 7.44. The Kier molecular flexibility index (Phi) is 8.39. The minimum atomic E-state index is 0.650. The van der Waals surface area contributed by atoms with Gasteiger partial charge in [-0.2, -0.15) is 0 Å². The van der Waals surface area contributed by atoms with Crippen molar-refractivity contribution in [2.24, 2.45) is 4.99 Å². The molecule has 2 N–H and O–H groups in total. The molecule has 0 unspecified atom stereocenters. The number of aliphatic imine (C=N–C) groups is 1. The normalized spacial score (nSPS) is 14.5. The maximum atomic E-state index is 5.43. The van der Waals surface area contributed by atoms with Gasteiger partial charge in [0.05, 0.1) is 26.9 Å². The van der Waals surface area contributed by atoms with E-state index in [4.69, 9.17) is 14.5 Å². The van der Waals surface area contributed by atoms with Crippen molar-refractivity contribution in [3.63, 3.8) is 0 Å². The van der Waals surface area contributed by atoms with Crippen LogP contribution in [0.15, 0.2) is 47.5 Å². The number of rotatable bonds is 8. The number of guanidine groups is 1. The summed E-state index contributed by atoms with van der Waals surface area (Å²) in [6.45, 7) is 9.96. The Bertz CT molecular complexity index is 814. The molecular weight excluding hydrogens is 376 g/mol. The van der Waals surface area contributed by atoms with Gasteiger partial charge in [-0.3, -0.25) is 0 Å². The molecule has 30 heavy (non-hydrogen) atoms. The Morgan fingerprint density at radius 2 is 1.80 bits per heavy atom. The maximum absolute atomic E-state index is 5.43. The third kappa shape index (κ3) is 6.39. The van der Waals surface area contributed by atoms with Crippen LogP contribution in [0.4, 0.5) is 5.69 Å². The fraction of sp³-hybridized carbons (Fsp3) is 0.458. The lowest BCUT2D eigenvalue weighted by atomic mass is 10.1. The molecule has 1 heterocycles. The Hall–Kier alpha value is -2.73. The number of nitrogens with zero attached hydrogens (tertiary/aromatic N) is 2. The summed E-state index contributed by atoms with van der Waals surface area (Å²) in [4.78, 5) is 7.10. The molecule has 6 heteroatoms. The molecule has 2 aromatic carbocycles. The summed E-state index contributed by atoms with van der Waals surface area (Å²) in [5.41, 5.74) is 4.86. The van der Waals surface area contributed by atoms with Crippen LogP contribution in [0.25, 0.3) is 0 Å². The first-order valence-corrected chi connectivity index (χ1v) is 10.8. The first-order valence-electron chi connectivity index (χ1n) is 10.8. The van der Waals surface area contributed by atoms with E-state index >= 15 is 0 Å². The van der Waals surface area contributed by atoms with Gasteiger partial charge >= 0.3 is 0 Å². The molecule has 1 saturated heterocycles. The number of ether oxygens (including phenoxy) is 2. The number of anilines is 1. The highest BCUT2D eigenvalue weighted by Crippen LogP contribution is 2.19. The van der Waals surface area contributed by atoms with Gasteiger partial charge in [0.15, 0.2) is 5.96 Å². The molecule has 0 amide bonds. The van der Waals surface area contributed by atoms with Crippen molar-refractivity contribution in [2.45, 2.75) is 26.8 Å². The lowest BCUT2D eigenvalue weighted by Gasteiger charge is -2.28. The van der Waals surface area contributed by atoms with Crippen molar-refractivity contribution in [3.05, 3.63) is 59.2 Å². The molecule has 162 valence electrons. The third-order valence-corrected chi connectivity index (χ3v) is 5.26. The zero-order valence-corrected chi connectivity index (χ0v) is 18.4. The van der Waals surface area contributed by atoms with Gasteiger partial charge in [-0.05, 0) is 55.2 Å². The molecule has 0 aliphatic carbocycles. The van der Waals surface area contributed by atoms with Gasteiger partial charge in [-0.1, -0.05) is 24.3 Å². The second kappa shape index (κ2) is 11.5. The molecule has 0 aromatic heterocycles. The van der Waals surface area contributed by atoms with Crippen LogP contribution in [0.5, 0.6) is 5.75 Å². The Balaban J connectivity index is 1.52. The zero-order chi connectivity index (χ0) is 21.2. The molecule has 6 nitrogen and oxygen atoms in total. The molecule has 0 radical (unpaired) electrons. The Labute approximate surface area is 180 Å². The average Bonchev–Trinajstić information content (AvgIpc) is 2.79. The number of morpholine rings is 1. The van der Waals surface area contributed by atoms with E-state index in [1.807, 2.05) is 0 Å². The summed E-state index contributed by atoms with van der Waals surface area (Å²) >= 11 is 0. The van der Waals surface area contributed by atoms with Gasteiger partial charge in [0.25, 0.3) is 0 Å². The number of methoxy groups -OCH3 is 1. The molecule has 1 aliphatic heterocycles. The molecule has 2 aromatic rings. The van der Waals surface area contributed by atoms with E-state index < -0.39 is 0 Å². The van der Waals surface area contributed by atoms with Crippen LogP contribution in [0.2, 0.25) is 0 Å². The number of hydrogen-bond acceptors (Lipinski definition) is 4. The summed E-state index contributed by atoms with van der Waals surface area (Å²) < 4.78 is 10.9. The number of hydrogen-bond donors (Lipinski definition) is 2. The fourth-order valence-electron chi connectivity index (χ4n) is 3.49. The summed E-state index contributed by atoms with van der Waals surface area (Å²) in [6, 6.07) is 15.1. The van der Waals surface area contributed by atoms with E-state index in [-0.39, 0.29) is 0 Å². The van der Waals surface area contributed by atoms with E-state index in [2.05, 4.69) is 71.8 Å². The van der Waals surface area contributed by atoms with E-state index in [1.165, 1.54) is 16.8 Å². The first-order chi connectivity index (χ1) is 14.7. The zero-order valence-electron chi connectivity index (χ0n) is 18.4. The molecule has 1 aliphatic rings. The second-order valence-corrected chi connectivity index (χ2v) is 7.44. The molecule has 0 bridgehead atoms. The molecular formula is C24H34N4O2. The minimum absolute atomic E-state index is 0.650. The lowest BCUT2D eigenvalue weighted by molar-refractivity contribution is 0.122. The summed E-state index contributed by atoms with van der Waals surface area (Å²) in [7, 11) is 1.72. The predicted octanol–water partition coefficient (Wildman–Crippen LogP) is 3.14. The van der Waals surface area contributed by atoms with Crippen molar-refractivity contribution in [1.82, 2.24) is 10.6 Å². The molecule has 1 fully saturated rings. The van der Waals surface area contributed by atoms with Crippen LogP contribution in [-0.4, -0.2) is 52.5 Å². The smallest absolute Gasteiger partial charge is 0.191 e. The average molecular weight is 411 g/mol. The summed E-state index contributed by atoms with van der Waals surface area (Å²) in [5.74, 6) is 1.78. The highest BCUT2D eigenvalue weighted by Gasteiger charge is 2.10. The monoisotopic (exact) mass is 410 g/mol. The van der Waals surface area contributed by atoms with Crippen LogP contribution in [0.1, 0.15) is 23.6 Å². The van der Waals surface area contributed by atoms with Crippen LogP contribution >= 0.6 is 0 Å². The van der Waals surface area contributed by atoms with Crippen molar-refractivity contribution in [2.75, 3.05) is 51.4 Å². The van der Waals surface area contributed by atoms with Crippen molar-refractivity contribution >= 4 is 11.6 Å². The van der Waals surface area contributed by atoms with Crippen LogP contribution in [-0.2, 0) is 17.7 Å². The number of nitrogens with one attached hydrogen (secondary N) is 2. The van der Waals surface area contributed by atoms with E-state index in [0.29, 0.717) is 6.54 Å². The summed E-state index contributed by atoms with van der Waals surface area (Å²) in [6.07, 6.45) is 0.912. The van der Waals surface area contributed by atoms with Gasteiger partial charge in [-0.15, -0.1) is 0 Å². The highest BCUT2D eigenvalue weighted by atomic mass is 16.5. The highest BCUT2D eigenvalue weighted by molar-refractivity contribution is 5.79. The van der Waals surface area contributed by atoms with Crippen LogP contribution < -0.4 is 20.3 Å². The minimum Gasteiger partial charge on any atom is -0.496 e. The van der Waals surface area contributed by atoms with Crippen molar-refractivity contribution in [1.29, 1.82) is 0 Å². The van der Waals surface area contributed by atoms with Crippen molar-refractivity contribution < 1.29 is 9.47 Å². The van der Waals surface area contributed by atoms with E-state index in [9.17, 15) is 0 Å². The van der Waals surface area contributed by atoms with E-state index in [1.54, 1.807) is 7.11 Å². The molecule has 0 spiro atoms. The SMILES string of the molecule is CCNC(=NCc1ccc(N2CCOCC2)cc1)NCCc1ccc(C)c(OC)c1. The number of aryl methyl sites for hydroxylation is 1. The third-order valence-electron chi connectivity index (χ3n) is 5.26. The standard InChI is InChI=1S/C24H34N4O2/c1-4-25-24(26-12-11-20-6-5-19(2)23(17-20)29-3)27-18-21-7-9-22(10-8-21)28-13-15-30-16-14-28/h5-10,17H,4,11-16,18H2,1-3H3,(H2,25,26,27).